The molecule has 1 aliphatic carbocycles. The van der Waals surface area contributed by atoms with Gasteiger partial charge in [-0.1, -0.05) is 6.07 Å². The Kier molecular flexibility index (Phi) is 4.11. The van der Waals surface area contributed by atoms with Crippen molar-refractivity contribution < 1.29 is 13.9 Å². The van der Waals surface area contributed by atoms with Crippen molar-refractivity contribution in [3.05, 3.63) is 34.1 Å². The summed E-state index contributed by atoms with van der Waals surface area (Å²) in [5.41, 5.74) is 3.88. The molecule has 8 heteroatoms. The Morgan fingerprint density at radius 1 is 1.28 bits per heavy atom. The minimum absolute atomic E-state index is 0.00361. The van der Waals surface area contributed by atoms with Crippen molar-refractivity contribution >= 4 is 21.8 Å². The van der Waals surface area contributed by atoms with Gasteiger partial charge in [0, 0.05) is 19.1 Å². The van der Waals surface area contributed by atoms with Gasteiger partial charge in [-0.05, 0) is 47.5 Å². The van der Waals surface area contributed by atoms with Crippen molar-refractivity contribution in [1.29, 1.82) is 10.5 Å². The van der Waals surface area contributed by atoms with Gasteiger partial charge in [0.05, 0.1) is 16.6 Å². The monoisotopic (exact) mass is 406 g/mol. The molecule has 1 saturated carbocycles. The molecule has 3 rings (SSSR count). The van der Waals surface area contributed by atoms with Crippen LogP contribution in [0, 0.1) is 39.3 Å². The fourth-order valence-electron chi connectivity index (χ4n) is 3.94. The van der Waals surface area contributed by atoms with E-state index >= 15 is 0 Å². The molecule has 0 bridgehead atoms. The van der Waals surface area contributed by atoms with Crippen molar-refractivity contribution in [2.45, 2.75) is 25.7 Å². The number of fused-ring (bicyclic) bond motifs is 1. The molecule has 1 aliphatic heterocycles. The third-order valence-electron chi connectivity index (χ3n) is 4.88. The van der Waals surface area contributed by atoms with Crippen LogP contribution in [-0.4, -0.2) is 25.0 Å². The maximum atomic E-state index is 13.6. The molecule has 0 saturated heterocycles. The van der Waals surface area contributed by atoms with Gasteiger partial charge in [0.15, 0.2) is 5.41 Å². The number of benzene rings is 1. The Hall–Kier alpha value is -2.00. The van der Waals surface area contributed by atoms with E-state index in [-0.39, 0.29) is 23.5 Å². The first kappa shape index (κ1) is 17.8. The third kappa shape index (κ3) is 1.90. The first-order valence-corrected chi connectivity index (χ1v) is 8.61. The van der Waals surface area contributed by atoms with Crippen LogP contribution >= 0.6 is 15.9 Å². The van der Waals surface area contributed by atoms with Gasteiger partial charge in [-0.3, -0.25) is 0 Å². The molecule has 130 valence electrons. The fraction of sp³-hybridized carbons (Fsp3) is 0.471. The number of rotatable bonds is 5. The number of nitrogens with zero attached hydrogens (tertiary/aromatic N) is 3. The highest BCUT2D eigenvalue weighted by atomic mass is 79.9. The maximum Gasteiger partial charge on any atom is 0.293 e. The topological polar surface area (TPSA) is 104 Å². The number of hydrogen-bond donors (Lipinski definition) is 1. The molecule has 2 N–H and O–H groups in total. The minimum atomic E-state index is -1.66. The summed E-state index contributed by atoms with van der Waals surface area (Å²) in [5.74, 6) is -2.73. The molecular formula is C17H16BrFN4O2. The molecule has 0 aromatic heterocycles. The summed E-state index contributed by atoms with van der Waals surface area (Å²) in [6, 6.07) is 8.73. The summed E-state index contributed by atoms with van der Waals surface area (Å²) < 4.78 is 25.3. The van der Waals surface area contributed by atoms with E-state index in [4.69, 9.17) is 15.2 Å². The summed E-state index contributed by atoms with van der Waals surface area (Å²) >= 11 is 3.14. The van der Waals surface area contributed by atoms with Crippen LogP contribution in [-0.2, 0) is 9.47 Å². The van der Waals surface area contributed by atoms with E-state index in [2.05, 4.69) is 33.1 Å². The normalized spacial score (nSPS) is 31.6. The molecule has 0 spiro atoms. The predicted molar refractivity (Wildman–Crippen MR) is 90.5 cm³/mol. The quantitative estimate of drug-likeness (QED) is 0.756. The maximum absolute atomic E-state index is 13.6. The second-order valence-electron chi connectivity index (χ2n) is 5.89. The summed E-state index contributed by atoms with van der Waals surface area (Å²) in [5, 5.41) is 19.9. The first-order chi connectivity index (χ1) is 11.9. The summed E-state index contributed by atoms with van der Waals surface area (Å²) in [4.78, 5) is 4.25. The summed E-state index contributed by atoms with van der Waals surface area (Å²) in [6.07, 6.45) is 0. The van der Waals surface area contributed by atoms with Gasteiger partial charge >= 0.3 is 0 Å². The highest BCUT2D eigenvalue weighted by molar-refractivity contribution is 9.10. The van der Waals surface area contributed by atoms with Gasteiger partial charge in [-0.2, -0.15) is 10.5 Å². The lowest BCUT2D eigenvalue weighted by Crippen LogP contribution is -2.43. The van der Waals surface area contributed by atoms with Gasteiger partial charge in [-0.25, -0.2) is 9.38 Å². The summed E-state index contributed by atoms with van der Waals surface area (Å²) in [7, 11) is 0. The van der Waals surface area contributed by atoms with Gasteiger partial charge < -0.3 is 15.2 Å². The standard InChI is InChI=1S/C17H16BrFN4O2/c1-3-24-17(25-4-2)16(9-21)13(15(16,8-20)14(22)23-17)10-5-6-12(19)11(18)7-10/h5-7,13H,3-4H2,1-2H3,(H2,22,23). The molecule has 1 heterocycles. The Bertz CT molecular complexity index is 840. The summed E-state index contributed by atoms with van der Waals surface area (Å²) in [6.45, 7) is 3.94. The SMILES string of the molecule is CCOC1(OCC)N=C(N)C2(C#N)C(c3ccc(F)c(Br)c3)C12C#N. The lowest BCUT2D eigenvalue weighted by atomic mass is 9.93. The Morgan fingerprint density at radius 2 is 1.92 bits per heavy atom. The molecule has 1 aromatic carbocycles. The van der Waals surface area contributed by atoms with E-state index in [1.165, 1.54) is 12.1 Å². The van der Waals surface area contributed by atoms with Crippen LogP contribution in [0.4, 0.5) is 4.39 Å². The van der Waals surface area contributed by atoms with Crippen LogP contribution in [0.5, 0.6) is 0 Å². The van der Waals surface area contributed by atoms with Crippen molar-refractivity contribution in [2.24, 2.45) is 21.6 Å². The van der Waals surface area contributed by atoms with Crippen molar-refractivity contribution in [1.82, 2.24) is 0 Å². The number of amidine groups is 1. The zero-order valence-electron chi connectivity index (χ0n) is 13.7. The van der Waals surface area contributed by atoms with Gasteiger partial charge in [0.2, 0.25) is 0 Å². The lowest BCUT2D eigenvalue weighted by molar-refractivity contribution is -0.255. The molecule has 1 aromatic rings. The third-order valence-corrected chi connectivity index (χ3v) is 5.49. The molecule has 2 aliphatic rings. The number of hydrogen-bond acceptors (Lipinski definition) is 6. The average Bonchev–Trinajstić information content (AvgIpc) is 3.16. The second-order valence-corrected chi connectivity index (χ2v) is 6.75. The molecule has 25 heavy (non-hydrogen) atoms. The van der Waals surface area contributed by atoms with Crippen LogP contribution in [0.1, 0.15) is 25.3 Å². The molecule has 3 atom stereocenters. The second kappa shape index (κ2) is 5.77. The van der Waals surface area contributed by atoms with Crippen LogP contribution in [0.3, 0.4) is 0 Å². The average molecular weight is 407 g/mol. The Labute approximate surface area is 153 Å². The van der Waals surface area contributed by atoms with Crippen molar-refractivity contribution in [3.63, 3.8) is 0 Å². The molecule has 0 radical (unpaired) electrons. The predicted octanol–water partition coefficient (Wildman–Crippen LogP) is 2.80. The van der Waals surface area contributed by atoms with Crippen LogP contribution in [0.25, 0.3) is 0 Å². The van der Waals surface area contributed by atoms with Crippen LogP contribution in [0.15, 0.2) is 27.7 Å². The van der Waals surface area contributed by atoms with Crippen LogP contribution in [0.2, 0.25) is 0 Å². The lowest BCUT2D eigenvalue weighted by Gasteiger charge is -2.31. The molecule has 6 nitrogen and oxygen atoms in total. The first-order valence-electron chi connectivity index (χ1n) is 7.81. The Morgan fingerprint density at radius 3 is 2.40 bits per heavy atom. The molecule has 1 fully saturated rings. The van der Waals surface area contributed by atoms with E-state index < -0.39 is 28.5 Å². The molecule has 3 unspecified atom stereocenters. The number of nitriles is 2. The molecular weight excluding hydrogens is 391 g/mol. The zero-order valence-corrected chi connectivity index (χ0v) is 15.3. The van der Waals surface area contributed by atoms with Crippen molar-refractivity contribution in [3.8, 4) is 12.1 Å². The highest BCUT2D eigenvalue weighted by Gasteiger charge is 2.93. The van der Waals surface area contributed by atoms with E-state index in [0.29, 0.717) is 5.56 Å². The van der Waals surface area contributed by atoms with E-state index in [1.54, 1.807) is 19.9 Å². The number of ether oxygens (including phenoxy) is 2. The highest BCUT2D eigenvalue weighted by Crippen LogP contribution is 2.82. The van der Waals surface area contributed by atoms with Crippen molar-refractivity contribution in [2.75, 3.05) is 13.2 Å². The smallest absolute Gasteiger partial charge is 0.293 e. The van der Waals surface area contributed by atoms with Crippen LogP contribution < -0.4 is 5.73 Å². The number of nitrogens with two attached hydrogens (primary N) is 1. The number of halogens is 2. The van der Waals surface area contributed by atoms with E-state index in [0.717, 1.165) is 0 Å². The van der Waals surface area contributed by atoms with E-state index in [9.17, 15) is 14.9 Å². The minimum Gasteiger partial charge on any atom is -0.386 e. The Balaban J connectivity index is 2.23. The van der Waals surface area contributed by atoms with Gasteiger partial charge in [0.25, 0.3) is 5.91 Å². The molecule has 0 amide bonds. The number of aliphatic imine (C=N–C) groups is 1. The van der Waals surface area contributed by atoms with E-state index in [1.807, 2.05) is 0 Å². The van der Waals surface area contributed by atoms with Gasteiger partial charge in [-0.15, -0.1) is 0 Å². The fourth-order valence-corrected chi connectivity index (χ4v) is 4.34. The van der Waals surface area contributed by atoms with Gasteiger partial charge in [0.1, 0.15) is 17.1 Å². The zero-order chi connectivity index (χ0) is 18.5. The largest absolute Gasteiger partial charge is 0.386 e.